The van der Waals surface area contributed by atoms with Crippen molar-refractivity contribution in [3.63, 3.8) is 0 Å². The fourth-order valence-electron chi connectivity index (χ4n) is 3.58. The minimum Gasteiger partial charge on any atom is -0.496 e. The first-order chi connectivity index (χ1) is 15.1. The molecule has 1 aromatic carbocycles. The number of aromatic nitrogens is 2. The van der Waals surface area contributed by atoms with Gasteiger partial charge in [-0.25, -0.2) is 4.98 Å². The smallest absolute Gasteiger partial charge is 0.205 e. The van der Waals surface area contributed by atoms with Gasteiger partial charge in [-0.1, -0.05) is 6.92 Å². The molecule has 9 nitrogen and oxygen atoms in total. The molecule has 10 heteroatoms. The van der Waals surface area contributed by atoms with Crippen LogP contribution in [0.1, 0.15) is 18.3 Å². The Morgan fingerprint density at radius 1 is 1.10 bits per heavy atom. The number of aryl methyl sites for hydroxylation is 1. The largest absolute Gasteiger partial charge is 0.496 e. The molecule has 1 aromatic heterocycles. The first-order valence-electron chi connectivity index (χ1n) is 10.5. The molecule has 2 aromatic rings. The van der Waals surface area contributed by atoms with Crippen LogP contribution in [-0.4, -0.2) is 81.3 Å². The summed E-state index contributed by atoms with van der Waals surface area (Å²) >= 11 is 1.48. The van der Waals surface area contributed by atoms with Crippen LogP contribution in [0.5, 0.6) is 17.2 Å². The predicted octanol–water partition coefficient (Wildman–Crippen LogP) is 2.07. The molecule has 2 heterocycles. The van der Waals surface area contributed by atoms with Crippen LogP contribution >= 0.6 is 11.5 Å². The Labute approximate surface area is 188 Å². The van der Waals surface area contributed by atoms with Gasteiger partial charge >= 0.3 is 0 Å². The number of hydrogen-bond donors (Lipinski definition) is 1. The number of rotatable bonds is 8. The van der Waals surface area contributed by atoms with E-state index in [-0.39, 0.29) is 0 Å². The number of piperazine rings is 1. The van der Waals surface area contributed by atoms with E-state index >= 15 is 0 Å². The summed E-state index contributed by atoms with van der Waals surface area (Å²) in [6, 6.07) is 3.76. The molecule has 1 saturated heterocycles. The van der Waals surface area contributed by atoms with Gasteiger partial charge in [0.2, 0.25) is 5.13 Å². The van der Waals surface area contributed by atoms with E-state index in [1.807, 2.05) is 19.2 Å². The van der Waals surface area contributed by atoms with Crippen LogP contribution in [0.15, 0.2) is 17.1 Å². The number of guanidine groups is 1. The van der Waals surface area contributed by atoms with Gasteiger partial charge in [0.1, 0.15) is 23.1 Å². The Morgan fingerprint density at radius 3 is 2.29 bits per heavy atom. The second-order valence-corrected chi connectivity index (χ2v) is 7.79. The number of aliphatic imine (C=N–C) groups is 1. The number of methoxy groups -OCH3 is 3. The first kappa shape index (κ1) is 22.9. The van der Waals surface area contributed by atoms with E-state index in [2.05, 4.69) is 36.4 Å². The maximum Gasteiger partial charge on any atom is 0.205 e. The van der Waals surface area contributed by atoms with E-state index in [1.165, 1.54) is 11.5 Å². The number of ether oxygens (including phenoxy) is 3. The number of nitrogens with one attached hydrogen (secondary N) is 1. The number of nitrogens with zero attached hydrogens (tertiary/aromatic N) is 5. The molecule has 0 amide bonds. The third-order valence-corrected chi connectivity index (χ3v) is 6.13. The Kier molecular flexibility index (Phi) is 8.16. The molecule has 3 rings (SSSR count). The lowest BCUT2D eigenvalue weighted by Crippen LogP contribution is -2.52. The fourth-order valence-corrected chi connectivity index (χ4v) is 4.38. The summed E-state index contributed by atoms with van der Waals surface area (Å²) in [7, 11) is 6.77. The van der Waals surface area contributed by atoms with E-state index in [4.69, 9.17) is 14.2 Å². The summed E-state index contributed by atoms with van der Waals surface area (Å²) in [5, 5.41) is 4.49. The van der Waals surface area contributed by atoms with Crippen molar-refractivity contribution in [3.8, 4) is 17.2 Å². The summed E-state index contributed by atoms with van der Waals surface area (Å²) in [5.74, 6) is 4.04. The van der Waals surface area contributed by atoms with Crippen LogP contribution in [0.2, 0.25) is 0 Å². The molecule has 1 fully saturated rings. The van der Waals surface area contributed by atoms with Crippen molar-refractivity contribution in [2.75, 3.05) is 66.0 Å². The standard InChI is InChI=1S/C21H32N6O3S/c1-6-19-24-21(31-25-19)27-11-9-26(10-12-27)20(22-2)23-8-7-16-17(29-4)13-15(28-3)14-18(16)30-5/h13-14H,6-12H2,1-5H3,(H,22,23). The van der Waals surface area contributed by atoms with E-state index in [0.717, 1.165) is 73.0 Å². The number of anilines is 1. The fraction of sp³-hybridized carbons (Fsp3) is 0.571. The highest BCUT2D eigenvalue weighted by molar-refractivity contribution is 7.09. The Balaban J connectivity index is 1.56. The van der Waals surface area contributed by atoms with Crippen LogP contribution < -0.4 is 24.4 Å². The zero-order valence-electron chi connectivity index (χ0n) is 19.0. The lowest BCUT2D eigenvalue weighted by Gasteiger charge is -2.36. The van der Waals surface area contributed by atoms with E-state index in [0.29, 0.717) is 12.3 Å². The van der Waals surface area contributed by atoms with Gasteiger partial charge < -0.3 is 29.3 Å². The van der Waals surface area contributed by atoms with Crippen LogP contribution in [0.25, 0.3) is 0 Å². The van der Waals surface area contributed by atoms with Crippen molar-refractivity contribution in [1.29, 1.82) is 0 Å². The molecule has 0 atom stereocenters. The normalized spacial score (nSPS) is 14.5. The summed E-state index contributed by atoms with van der Waals surface area (Å²) in [4.78, 5) is 13.7. The zero-order chi connectivity index (χ0) is 22.2. The van der Waals surface area contributed by atoms with Crippen molar-refractivity contribution in [2.45, 2.75) is 19.8 Å². The summed E-state index contributed by atoms with van der Waals surface area (Å²) < 4.78 is 20.8. The SMILES string of the molecule is CCc1nsc(N2CCN(C(=NC)NCCc3c(OC)cc(OC)cc3OC)CC2)n1. The molecule has 0 bridgehead atoms. The first-order valence-corrected chi connectivity index (χ1v) is 11.2. The van der Waals surface area contributed by atoms with E-state index in [1.54, 1.807) is 21.3 Å². The molecule has 1 aliphatic rings. The second kappa shape index (κ2) is 11.0. The quantitative estimate of drug-likeness (QED) is 0.485. The average molecular weight is 449 g/mol. The third-order valence-electron chi connectivity index (χ3n) is 5.31. The Morgan fingerprint density at radius 2 is 1.77 bits per heavy atom. The van der Waals surface area contributed by atoms with Crippen molar-refractivity contribution >= 4 is 22.6 Å². The van der Waals surface area contributed by atoms with Crippen molar-refractivity contribution in [3.05, 3.63) is 23.5 Å². The molecule has 0 radical (unpaired) electrons. The van der Waals surface area contributed by atoms with Gasteiger partial charge in [0.15, 0.2) is 5.96 Å². The number of benzene rings is 1. The number of hydrogen-bond acceptors (Lipinski definition) is 8. The molecule has 0 aliphatic carbocycles. The minimum absolute atomic E-state index is 0.709. The second-order valence-electron chi connectivity index (χ2n) is 7.06. The van der Waals surface area contributed by atoms with Crippen LogP contribution in [0, 0.1) is 0 Å². The molecule has 0 saturated carbocycles. The molecular weight excluding hydrogens is 416 g/mol. The van der Waals surface area contributed by atoms with Crippen molar-refractivity contribution in [2.24, 2.45) is 4.99 Å². The van der Waals surface area contributed by atoms with Crippen LogP contribution in [-0.2, 0) is 12.8 Å². The molecule has 170 valence electrons. The van der Waals surface area contributed by atoms with Gasteiger partial charge in [-0.05, 0) is 6.42 Å². The highest BCUT2D eigenvalue weighted by Crippen LogP contribution is 2.34. The molecule has 0 unspecified atom stereocenters. The molecule has 1 aliphatic heterocycles. The van der Waals surface area contributed by atoms with E-state index in [9.17, 15) is 0 Å². The predicted molar refractivity (Wildman–Crippen MR) is 124 cm³/mol. The zero-order valence-corrected chi connectivity index (χ0v) is 19.8. The average Bonchev–Trinajstić information content (AvgIpc) is 3.31. The maximum absolute atomic E-state index is 5.55. The summed E-state index contributed by atoms with van der Waals surface area (Å²) in [6.45, 7) is 6.36. The lowest BCUT2D eigenvalue weighted by atomic mass is 10.1. The monoisotopic (exact) mass is 448 g/mol. The van der Waals surface area contributed by atoms with Gasteiger partial charge in [-0.15, -0.1) is 0 Å². The van der Waals surface area contributed by atoms with Crippen molar-refractivity contribution in [1.82, 2.24) is 19.6 Å². The third kappa shape index (κ3) is 5.49. The topological polar surface area (TPSA) is 84.3 Å². The minimum atomic E-state index is 0.709. The van der Waals surface area contributed by atoms with Gasteiger partial charge in [0, 0.05) is 75.4 Å². The highest BCUT2D eigenvalue weighted by Gasteiger charge is 2.22. The Bertz CT molecular complexity index is 855. The van der Waals surface area contributed by atoms with Gasteiger partial charge in [0.05, 0.1) is 21.3 Å². The van der Waals surface area contributed by atoms with Gasteiger partial charge in [-0.3, -0.25) is 4.99 Å². The summed E-state index contributed by atoms with van der Waals surface area (Å²) in [5.41, 5.74) is 1.00. The Hall–Kier alpha value is -2.75. The maximum atomic E-state index is 5.55. The molecular formula is C21H32N6O3S. The molecule has 0 spiro atoms. The molecule has 1 N–H and O–H groups in total. The van der Waals surface area contributed by atoms with E-state index < -0.39 is 0 Å². The van der Waals surface area contributed by atoms with Gasteiger partial charge in [0.25, 0.3) is 0 Å². The molecule has 31 heavy (non-hydrogen) atoms. The van der Waals surface area contributed by atoms with Crippen LogP contribution in [0.3, 0.4) is 0 Å². The summed E-state index contributed by atoms with van der Waals surface area (Å²) in [6.07, 6.45) is 1.61. The van der Waals surface area contributed by atoms with Gasteiger partial charge in [-0.2, -0.15) is 4.37 Å². The van der Waals surface area contributed by atoms with Crippen molar-refractivity contribution < 1.29 is 14.2 Å². The van der Waals surface area contributed by atoms with Crippen LogP contribution in [0.4, 0.5) is 5.13 Å². The highest BCUT2D eigenvalue weighted by atomic mass is 32.1. The lowest BCUT2D eigenvalue weighted by molar-refractivity contribution is 0.365.